The van der Waals surface area contributed by atoms with E-state index in [4.69, 9.17) is 5.73 Å². The number of fused-ring (bicyclic) bond motifs is 1. The lowest BCUT2D eigenvalue weighted by molar-refractivity contribution is 0.513. The molecule has 4 heteroatoms. The third-order valence-electron chi connectivity index (χ3n) is 2.93. The van der Waals surface area contributed by atoms with Crippen LogP contribution in [0.2, 0.25) is 0 Å². The van der Waals surface area contributed by atoms with Crippen molar-refractivity contribution in [2.75, 3.05) is 18.0 Å². The standard InChI is InChI=1S/C12H14N4/c1-8-12(16-6-9(13)7-16)15-11-5-3-2-4-10(11)14-8/h2-5,9H,6-7,13H2,1H3. The summed E-state index contributed by atoms with van der Waals surface area (Å²) in [6.45, 7) is 3.76. The molecule has 0 spiro atoms. The van der Waals surface area contributed by atoms with Gasteiger partial charge < -0.3 is 10.6 Å². The quantitative estimate of drug-likeness (QED) is 0.772. The topological polar surface area (TPSA) is 55.0 Å². The fourth-order valence-corrected chi connectivity index (χ4v) is 2.06. The molecule has 0 atom stereocenters. The molecule has 4 nitrogen and oxygen atoms in total. The molecule has 0 unspecified atom stereocenters. The summed E-state index contributed by atoms with van der Waals surface area (Å²) in [6, 6.07) is 8.23. The maximum absolute atomic E-state index is 5.78. The van der Waals surface area contributed by atoms with Crippen LogP contribution in [0.3, 0.4) is 0 Å². The first kappa shape index (κ1) is 9.54. The molecule has 16 heavy (non-hydrogen) atoms. The van der Waals surface area contributed by atoms with Gasteiger partial charge in [-0.15, -0.1) is 0 Å². The van der Waals surface area contributed by atoms with E-state index in [1.54, 1.807) is 0 Å². The molecule has 1 aliphatic heterocycles. The Hall–Kier alpha value is -1.68. The SMILES string of the molecule is Cc1nc2ccccc2nc1N1CC(N)C1. The molecule has 2 heterocycles. The minimum atomic E-state index is 0.285. The zero-order valence-corrected chi connectivity index (χ0v) is 9.22. The maximum atomic E-state index is 5.78. The maximum Gasteiger partial charge on any atom is 0.150 e. The molecule has 1 saturated heterocycles. The predicted molar refractivity (Wildman–Crippen MR) is 64.5 cm³/mol. The van der Waals surface area contributed by atoms with Crippen LogP contribution in [-0.4, -0.2) is 29.1 Å². The molecule has 1 fully saturated rings. The molecule has 2 aromatic rings. The first-order valence-corrected chi connectivity index (χ1v) is 5.48. The van der Waals surface area contributed by atoms with Crippen LogP contribution >= 0.6 is 0 Å². The molecular weight excluding hydrogens is 200 g/mol. The van der Waals surface area contributed by atoms with Gasteiger partial charge in [-0.1, -0.05) is 12.1 Å². The van der Waals surface area contributed by atoms with Crippen molar-refractivity contribution in [3.63, 3.8) is 0 Å². The number of aryl methyl sites for hydroxylation is 1. The van der Waals surface area contributed by atoms with E-state index in [2.05, 4.69) is 14.9 Å². The lowest BCUT2D eigenvalue weighted by Gasteiger charge is -2.38. The number of para-hydroxylation sites is 2. The number of benzene rings is 1. The van der Waals surface area contributed by atoms with Crippen molar-refractivity contribution < 1.29 is 0 Å². The zero-order chi connectivity index (χ0) is 11.1. The lowest BCUT2D eigenvalue weighted by Crippen LogP contribution is -2.56. The molecule has 0 saturated carbocycles. The van der Waals surface area contributed by atoms with Crippen LogP contribution in [0.1, 0.15) is 5.69 Å². The Balaban J connectivity index is 2.08. The second-order valence-corrected chi connectivity index (χ2v) is 4.29. The van der Waals surface area contributed by atoms with E-state index in [0.29, 0.717) is 0 Å². The molecule has 0 bridgehead atoms. The van der Waals surface area contributed by atoms with E-state index >= 15 is 0 Å². The first-order chi connectivity index (χ1) is 7.74. The fraction of sp³-hybridized carbons (Fsp3) is 0.333. The number of nitrogens with two attached hydrogens (primary N) is 1. The molecular formula is C12H14N4. The summed E-state index contributed by atoms with van der Waals surface area (Å²) in [5.41, 5.74) is 8.66. The van der Waals surface area contributed by atoms with E-state index in [9.17, 15) is 0 Å². The smallest absolute Gasteiger partial charge is 0.150 e. The van der Waals surface area contributed by atoms with Gasteiger partial charge in [0, 0.05) is 19.1 Å². The molecule has 1 aromatic heterocycles. The molecule has 82 valence electrons. The predicted octanol–water partition coefficient (Wildman–Crippen LogP) is 1.09. The van der Waals surface area contributed by atoms with Gasteiger partial charge in [-0.05, 0) is 19.1 Å². The third-order valence-corrected chi connectivity index (χ3v) is 2.93. The van der Waals surface area contributed by atoms with Crippen molar-refractivity contribution in [3.8, 4) is 0 Å². The highest BCUT2D eigenvalue weighted by molar-refractivity contribution is 5.76. The Morgan fingerprint density at radius 3 is 2.44 bits per heavy atom. The highest BCUT2D eigenvalue weighted by atomic mass is 15.3. The molecule has 1 aromatic carbocycles. The lowest BCUT2D eigenvalue weighted by atomic mass is 10.1. The van der Waals surface area contributed by atoms with Gasteiger partial charge in [-0.3, -0.25) is 0 Å². The molecule has 1 aliphatic rings. The van der Waals surface area contributed by atoms with Crippen LogP contribution in [0.5, 0.6) is 0 Å². The number of aromatic nitrogens is 2. The summed E-state index contributed by atoms with van der Waals surface area (Å²) >= 11 is 0. The van der Waals surface area contributed by atoms with E-state index in [0.717, 1.165) is 35.6 Å². The highest BCUT2D eigenvalue weighted by Gasteiger charge is 2.26. The van der Waals surface area contributed by atoms with Crippen LogP contribution in [0.4, 0.5) is 5.82 Å². The van der Waals surface area contributed by atoms with Gasteiger partial charge in [0.2, 0.25) is 0 Å². The molecule has 0 radical (unpaired) electrons. The summed E-state index contributed by atoms with van der Waals surface area (Å²) in [5.74, 6) is 0.973. The number of anilines is 1. The van der Waals surface area contributed by atoms with Gasteiger partial charge in [-0.2, -0.15) is 0 Å². The van der Waals surface area contributed by atoms with Crippen LogP contribution in [0.15, 0.2) is 24.3 Å². The second-order valence-electron chi connectivity index (χ2n) is 4.29. The van der Waals surface area contributed by atoms with E-state index in [1.807, 2.05) is 31.2 Å². The Labute approximate surface area is 94.1 Å². The van der Waals surface area contributed by atoms with Crippen LogP contribution in [-0.2, 0) is 0 Å². The van der Waals surface area contributed by atoms with Crippen molar-refractivity contribution in [2.45, 2.75) is 13.0 Å². The average molecular weight is 214 g/mol. The van der Waals surface area contributed by atoms with Crippen LogP contribution in [0, 0.1) is 6.92 Å². The average Bonchev–Trinajstić information content (AvgIpc) is 2.24. The van der Waals surface area contributed by atoms with Gasteiger partial charge in [0.05, 0.1) is 16.7 Å². The van der Waals surface area contributed by atoms with Crippen LogP contribution < -0.4 is 10.6 Å². The normalized spacial score (nSPS) is 16.5. The Bertz CT molecular complexity index is 532. The third kappa shape index (κ3) is 1.42. The van der Waals surface area contributed by atoms with E-state index in [-0.39, 0.29) is 6.04 Å². The summed E-state index contributed by atoms with van der Waals surface area (Å²) in [4.78, 5) is 11.4. The van der Waals surface area contributed by atoms with Crippen molar-refractivity contribution in [1.29, 1.82) is 0 Å². The van der Waals surface area contributed by atoms with E-state index in [1.165, 1.54) is 0 Å². The largest absolute Gasteiger partial charge is 0.352 e. The van der Waals surface area contributed by atoms with Crippen molar-refractivity contribution in [2.24, 2.45) is 5.73 Å². The van der Waals surface area contributed by atoms with Crippen molar-refractivity contribution in [3.05, 3.63) is 30.0 Å². The summed E-state index contributed by atoms with van der Waals surface area (Å²) in [6.07, 6.45) is 0. The van der Waals surface area contributed by atoms with Gasteiger partial charge in [-0.25, -0.2) is 9.97 Å². The number of hydrogen-bond donors (Lipinski definition) is 1. The highest BCUT2D eigenvalue weighted by Crippen LogP contribution is 2.23. The monoisotopic (exact) mass is 214 g/mol. The number of hydrogen-bond acceptors (Lipinski definition) is 4. The molecule has 2 N–H and O–H groups in total. The summed E-state index contributed by atoms with van der Waals surface area (Å²) < 4.78 is 0. The first-order valence-electron chi connectivity index (χ1n) is 5.48. The van der Waals surface area contributed by atoms with Crippen LogP contribution in [0.25, 0.3) is 11.0 Å². The Kier molecular flexibility index (Phi) is 2.04. The Morgan fingerprint density at radius 1 is 1.19 bits per heavy atom. The van der Waals surface area contributed by atoms with Crippen molar-refractivity contribution >= 4 is 16.9 Å². The fourth-order valence-electron chi connectivity index (χ4n) is 2.06. The van der Waals surface area contributed by atoms with Gasteiger partial charge >= 0.3 is 0 Å². The molecule has 0 amide bonds. The van der Waals surface area contributed by atoms with Gasteiger partial charge in [0.15, 0.2) is 5.82 Å². The summed E-state index contributed by atoms with van der Waals surface area (Å²) in [7, 11) is 0. The second kappa shape index (κ2) is 3.42. The minimum absolute atomic E-state index is 0.285. The molecule has 0 aliphatic carbocycles. The molecule has 3 rings (SSSR count). The van der Waals surface area contributed by atoms with Gasteiger partial charge in [0.25, 0.3) is 0 Å². The van der Waals surface area contributed by atoms with Crippen molar-refractivity contribution in [1.82, 2.24) is 9.97 Å². The Morgan fingerprint density at radius 2 is 1.81 bits per heavy atom. The summed E-state index contributed by atoms with van der Waals surface area (Å²) in [5, 5.41) is 0. The van der Waals surface area contributed by atoms with Gasteiger partial charge in [0.1, 0.15) is 0 Å². The minimum Gasteiger partial charge on any atom is -0.352 e. The number of rotatable bonds is 1. The number of nitrogens with zero attached hydrogens (tertiary/aromatic N) is 3. The zero-order valence-electron chi connectivity index (χ0n) is 9.22. The van der Waals surface area contributed by atoms with E-state index < -0.39 is 0 Å².